The Bertz CT molecular complexity index is 669. The summed E-state index contributed by atoms with van der Waals surface area (Å²) in [5.74, 6) is 1.52. The number of hydrogen-bond donors (Lipinski definition) is 0. The van der Waals surface area contributed by atoms with E-state index in [1.807, 2.05) is 6.07 Å². The Morgan fingerprint density at radius 2 is 2.08 bits per heavy atom. The molecule has 0 spiro atoms. The molecule has 1 saturated heterocycles. The third-order valence-electron chi connectivity index (χ3n) is 4.80. The SMILES string of the molecule is CCCc1noc(CCC(=O)N2CCCCC2Cc2ccccc2)n1. The predicted octanol–water partition coefficient (Wildman–Crippen LogP) is 3.58. The first-order chi connectivity index (χ1) is 12.3. The average Bonchev–Trinajstić information content (AvgIpc) is 3.09. The van der Waals surface area contributed by atoms with Gasteiger partial charge in [-0.2, -0.15) is 4.98 Å². The number of hydrogen-bond acceptors (Lipinski definition) is 4. The fourth-order valence-corrected chi connectivity index (χ4v) is 3.50. The third-order valence-corrected chi connectivity index (χ3v) is 4.80. The molecule has 2 aromatic rings. The van der Waals surface area contributed by atoms with E-state index in [0.717, 1.165) is 44.5 Å². The Morgan fingerprint density at radius 3 is 2.88 bits per heavy atom. The number of piperidine rings is 1. The summed E-state index contributed by atoms with van der Waals surface area (Å²) in [6, 6.07) is 10.8. The van der Waals surface area contributed by atoms with Gasteiger partial charge >= 0.3 is 0 Å². The highest BCUT2D eigenvalue weighted by atomic mass is 16.5. The second kappa shape index (κ2) is 8.79. The Morgan fingerprint density at radius 1 is 1.24 bits per heavy atom. The zero-order valence-electron chi connectivity index (χ0n) is 15.0. The summed E-state index contributed by atoms with van der Waals surface area (Å²) < 4.78 is 5.25. The van der Waals surface area contributed by atoms with Gasteiger partial charge in [-0.15, -0.1) is 0 Å². The van der Waals surface area contributed by atoms with E-state index in [2.05, 4.69) is 46.2 Å². The molecule has 0 saturated carbocycles. The molecule has 0 N–H and O–H groups in total. The lowest BCUT2D eigenvalue weighted by molar-refractivity contribution is -0.134. The molecule has 134 valence electrons. The minimum absolute atomic E-state index is 0.205. The number of nitrogens with zero attached hydrogens (tertiary/aromatic N) is 3. The summed E-state index contributed by atoms with van der Waals surface area (Å²) in [6.07, 6.45) is 7.11. The van der Waals surface area contributed by atoms with Crippen LogP contribution in [0.3, 0.4) is 0 Å². The van der Waals surface area contributed by atoms with Crippen molar-refractivity contribution in [1.29, 1.82) is 0 Å². The van der Waals surface area contributed by atoms with Crippen molar-refractivity contribution in [3.8, 4) is 0 Å². The zero-order chi connectivity index (χ0) is 17.5. The fourth-order valence-electron chi connectivity index (χ4n) is 3.50. The van der Waals surface area contributed by atoms with Crippen LogP contribution in [0.15, 0.2) is 34.9 Å². The van der Waals surface area contributed by atoms with Crippen molar-refractivity contribution in [3.63, 3.8) is 0 Å². The maximum atomic E-state index is 12.7. The number of rotatable bonds is 7. The van der Waals surface area contributed by atoms with Gasteiger partial charge in [-0.1, -0.05) is 42.4 Å². The first-order valence-corrected chi connectivity index (χ1v) is 9.41. The van der Waals surface area contributed by atoms with Crippen molar-refractivity contribution in [3.05, 3.63) is 47.6 Å². The Labute approximate surface area is 149 Å². The Balaban J connectivity index is 1.56. The zero-order valence-corrected chi connectivity index (χ0v) is 15.0. The fraction of sp³-hybridized carbons (Fsp3) is 0.550. The summed E-state index contributed by atoms with van der Waals surface area (Å²) in [5.41, 5.74) is 1.30. The number of carbonyl (C=O) groups is 1. The van der Waals surface area contributed by atoms with E-state index in [9.17, 15) is 4.79 Å². The van der Waals surface area contributed by atoms with Crippen LogP contribution in [0.25, 0.3) is 0 Å². The topological polar surface area (TPSA) is 59.2 Å². The van der Waals surface area contributed by atoms with Crippen LogP contribution in [0.2, 0.25) is 0 Å². The Kier molecular flexibility index (Phi) is 6.20. The van der Waals surface area contributed by atoms with Crippen molar-refractivity contribution >= 4 is 5.91 Å². The van der Waals surface area contributed by atoms with Gasteiger partial charge in [-0.05, 0) is 37.7 Å². The molecule has 1 aliphatic heterocycles. The molecule has 0 radical (unpaired) electrons. The molecule has 1 aliphatic rings. The second-order valence-corrected chi connectivity index (χ2v) is 6.78. The van der Waals surface area contributed by atoms with Crippen LogP contribution in [-0.2, 0) is 24.1 Å². The molecule has 1 atom stereocenters. The Hall–Kier alpha value is -2.17. The van der Waals surface area contributed by atoms with Gasteiger partial charge in [0.1, 0.15) is 0 Å². The molecule has 1 amide bonds. The summed E-state index contributed by atoms with van der Waals surface area (Å²) in [7, 11) is 0. The third kappa shape index (κ3) is 4.91. The average molecular weight is 341 g/mol. The van der Waals surface area contributed by atoms with Gasteiger partial charge in [0.15, 0.2) is 5.82 Å². The molecule has 2 heterocycles. The summed E-state index contributed by atoms with van der Waals surface area (Å²) in [6.45, 7) is 2.95. The molecule has 3 rings (SSSR count). The molecule has 1 fully saturated rings. The maximum Gasteiger partial charge on any atom is 0.227 e. The second-order valence-electron chi connectivity index (χ2n) is 6.78. The monoisotopic (exact) mass is 341 g/mol. The maximum absolute atomic E-state index is 12.7. The van der Waals surface area contributed by atoms with Crippen molar-refractivity contribution in [2.45, 2.75) is 64.3 Å². The van der Waals surface area contributed by atoms with E-state index in [1.165, 1.54) is 12.0 Å². The summed E-state index contributed by atoms with van der Waals surface area (Å²) in [4.78, 5) is 19.2. The van der Waals surface area contributed by atoms with E-state index in [4.69, 9.17) is 4.52 Å². The summed E-state index contributed by atoms with van der Waals surface area (Å²) >= 11 is 0. The number of likely N-dealkylation sites (tertiary alicyclic amines) is 1. The molecular weight excluding hydrogens is 314 g/mol. The molecule has 0 bridgehead atoms. The van der Waals surface area contributed by atoms with Crippen molar-refractivity contribution < 1.29 is 9.32 Å². The van der Waals surface area contributed by atoms with Crippen LogP contribution in [0.1, 0.15) is 56.3 Å². The molecular formula is C20H27N3O2. The van der Waals surface area contributed by atoms with Crippen LogP contribution >= 0.6 is 0 Å². The van der Waals surface area contributed by atoms with Gasteiger partial charge in [-0.3, -0.25) is 4.79 Å². The van der Waals surface area contributed by atoms with Crippen LogP contribution in [0.4, 0.5) is 0 Å². The minimum atomic E-state index is 0.205. The molecule has 5 nitrogen and oxygen atoms in total. The smallest absolute Gasteiger partial charge is 0.227 e. The normalized spacial score (nSPS) is 17.6. The predicted molar refractivity (Wildman–Crippen MR) is 96.1 cm³/mol. The number of carbonyl (C=O) groups excluding carboxylic acids is 1. The molecule has 25 heavy (non-hydrogen) atoms. The van der Waals surface area contributed by atoms with Crippen molar-refractivity contribution in [2.75, 3.05) is 6.54 Å². The van der Waals surface area contributed by atoms with E-state index >= 15 is 0 Å². The largest absolute Gasteiger partial charge is 0.339 e. The first kappa shape index (κ1) is 17.6. The number of aryl methyl sites for hydroxylation is 2. The van der Waals surface area contributed by atoms with Crippen LogP contribution < -0.4 is 0 Å². The lowest BCUT2D eigenvalue weighted by atomic mass is 9.95. The number of amides is 1. The minimum Gasteiger partial charge on any atom is -0.339 e. The lowest BCUT2D eigenvalue weighted by Gasteiger charge is -2.36. The molecule has 1 unspecified atom stereocenters. The highest BCUT2D eigenvalue weighted by Gasteiger charge is 2.26. The number of benzene rings is 1. The lowest BCUT2D eigenvalue weighted by Crippen LogP contribution is -2.45. The van der Waals surface area contributed by atoms with Crippen LogP contribution in [-0.4, -0.2) is 33.5 Å². The van der Waals surface area contributed by atoms with Gasteiger partial charge in [-0.25, -0.2) is 0 Å². The van der Waals surface area contributed by atoms with Gasteiger partial charge in [0, 0.05) is 31.8 Å². The molecule has 1 aromatic heterocycles. The van der Waals surface area contributed by atoms with Crippen molar-refractivity contribution in [2.24, 2.45) is 0 Å². The molecule has 1 aromatic carbocycles. The van der Waals surface area contributed by atoms with E-state index in [0.29, 0.717) is 24.8 Å². The van der Waals surface area contributed by atoms with Gasteiger partial charge in [0.25, 0.3) is 0 Å². The van der Waals surface area contributed by atoms with Crippen LogP contribution in [0, 0.1) is 0 Å². The first-order valence-electron chi connectivity index (χ1n) is 9.41. The van der Waals surface area contributed by atoms with Gasteiger partial charge < -0.3 is 9.42 Å². The molecule has 0 aliphatic carbocycles. The quantitative estimate of drug-likeness (QED) is 0.772. The van der Waals surface area contributed by atoms with Crippen molar-refractivity contribution in [1.82, 2.24) is 15.0 Å². The standard InChI is InChI=1S/C20H27N3O2/c1-2-8-18-21-19(25-22-18)12-13-20(24)23-14-7-6-11-17(23)15-16-9-4-3-5-10-16/h3-5,9-10,17H,2,6-8,11-15H2,1H3. The van der Waals surface area contributed by atoms with Gasteiger partial charge in [0.05, 0.1) is 0 Å². The van der Waals surface area contributed by atoms with Crippen LogP contribution in [0.5, 0.6) is 0 Å². The van der Waals surface area contributed by atoms with Gasteiger partial charge in [0.2, 0.25) is 11.8 Å². The summed E-state index contributed by atoms with van der Waals surface area (Å²) in [5, 5.41) is 3.96. The van der Waals surface area contributed by atoms with E-state index in [1.54, 1.807) is 0 Å². The number of aromatic nitrogens is 2. The highest BCUT2D eigenvalue weighted by molar-refractivity contribution is 5.76. The highest BCUT2D eigenvalue weighted by Crippen LogP contribution is 2.22. The van der Waals surface area contributed by atoms with E-state index < -0.39 is 0 Å². The van der Waals surface area contributed by atoms with E-state index in [-0.39, 0.29) is 5.91 Å². The molecule has 5 heteroatoms.